The molecule has 2 aromatic carbocycles. The Labute approximate surface area is 154 Å². The fourth-order valence-corrected chi connectivity index (χ4v) is 3.24. The van der Waals surface area contributed by atoms with E-state index in [4.69, 9.17) is 9.47 Å². The molecule has 3 rings (SSSR count). The quantitative estimate of drug-likeness (QED) is 0.895. The van der Waals surface area contributed by atoms with E-state index in [1.54, 1.807) is 14.2 Å². The Kier molecular flexibility index (Phi) is 5.35. The summed E-state index contributed by atoms with van der Waals surface area (Å²) in [5.41, 5.74) is 5.78. The van der Waals surface area contributed by atoms with E-state index in [0.29, 0.717) is 18.8 Å². The van der Waals surface area contributed by atoms with Crippen molar-refractivity contribution < 1.29 is 14.3 Å². The zero-order valence-electron chi connectivity index (χ0n) is 15.9. The number of nitrogens with one attached hydrogen (secondary N) is 1. The van der Waals surface area contributed by atoms with Gasteiger partial charge in [-0.25, -0.2) is 0 Å². The highest BCUT2D eigenvalue weighted by Gasteiger charge is 2.22. The molecule has 1 N–H and O–H groups in total. The van der Waals surface area contributed by atoms with E-state index in [0.717, 1.165) is 30.0 Å². The highest BCUT2D eigenvalue weighted by atomic mass is 16.5. The number of nitrogens with zero attached hydrogens (tertiary/aromatic N) is 1. The highest BCUT2D eigenvalue weighted by molar-refractivity contribution is 5.81. The molecule has 5 heteroatoms. The Hall–Kier alpha value is -2.69. The van der Waals surface area contributed by atoms with Gasteiger partial charge in [-0.15, -0.1) is 0 Å². The summed E-state index contributed by atoms with van der Waals surface area (Å²) in [5, 5.41) is 3.24. The number of aryl methyl sites for hydroxylation is 2. The number of rotatable bonds is 5. The lowest BCUT2D eigenvalue weighted by Crippen LogP contribution is -2.39. The van der Waals surface area contributed by atoms with Gasteiger partial charge in [-0.05, 0) is 66.8 Å². The second kappa shape index (κ2) is 7.68. The van der Waals surface area contributed by atoms with Crippen molar-refractivity contribution in [2.75, 3.05) is 32.6 Å². The molecule has 0 atom stereocenters. The van der Waals surface area contributed by atoms with Crippen LogP contribution in [0.3, 0.4) is 0 Å². The van der Waals surface area contributed by atoms with Crippen LogP contribution in [0.25, 0.3) is 0 Å². The van der Waals surface area contributed by atoms with Crippen molar-refractivity contribution in [1.82, 2.24) is 4.90 Å². The average Bonchev–Trinajstić information content (AvgIpc) is 2.66. The van der Waals surface area contributed by atoms with E-state index in [2.05, 4.69) is 31.3 Å². The van der Waals surface area contributed by atoms with Gasteiger partial charge < -0.3 is 19.7 Å². The number of anilines is 1. The molecule has 0 unspecified atom stereocenters. The minimum atomic E-state index is 0.101. The van der Waals surface area contributed by atoms with Crippen molar-refractivity contribution in [3.05, 3.63) is 52.6 Å². The largest absolute Gasteiger partial charge is 0.493 e. The van der Waals surface area contributed by atoms with Gasteiger partial charge in [0, 0.05) is 18.8 Å². The van der Waals surface area contributed by atoms with Gasteiger partial charge in [0.15, 0.2) is 11.5 Å². The number of ether oxygens (including phenoxy) is 2. The molecule has 0 aromatic heterocycles. The Bertz CT molecular complexity index is 817. The number of hydrogen-bond acceptors (Lipinski definition) is 4. The van der Waals surface area contributed by atoms with Gasteiger partial charge in [-0.2, -0.15) is 0 Å². The first-order chi connectivity index (χ1) is 12.5. The van der Waals surface area contributed by atoms with E-state index in [9.17, 15) is 4.79 Å². The maximum Gasteiger partial charge on any atom is 0.242 e. The summed E-state index contributed by atoms with van der Waals surface area (Å²) < 4.78 is 10.7. The van der Waals surface area contributed by atoms with Gasteiger partial charge in [0.05, 0.1) is 20.8 Å². The number of methoxy groups -OCH3 is 2. The molecule has 26 heavy (non-hydrogen) atoms. The molecular weight excluding hydrogens is 328 g/mol. The SMILES string of the molecule is COc1cc2c(cc1OC)CN(C(=O)CNc1ccc(C)c(C)c1)CC2. The number of fused-ring (bicyclic) bond motifs is 1. The van der Waals surface area contributed by atoms with E-state index >= 15 is 0 Å². The molecule has 1 heterocycles. The topological polar surface area (TPSA) is 50.8 Å². The van der Waals surface area contributed by atoms with Crippen LogP contribution in [0.2, 0.25) is 0 Å². The van der Waals surface area contributed by atoms with Crippen molar-refractivity contribution >= 4 is 11.6 Å². The van der Waals surface area contributed by atoms with Gasteiger partial charge in [0.25, 0.3) is 0 Å². The van der Waals surface area contributed by atoms with Crippen LogP contribution in [-0.2, 0) is 17.8 Å². The average molecular weight is 354 g/mol. The monoisotopic (exact) mass is 354 g/mol. The lowest BCUT2D eigenvalue weighted by Gasteiger charge is -2.30. The van der Waals surface area contributed by atoms with E-state index in [1.165, 1.54) is 16.7 Å². The predicted octanol–water partition coefficient (Wildman–Crippen LogP) is 3.32. The van der Waals surface area contributed by atoms with E-state index in [-0.39, 0.29) is 5.91 Å². The maximum atomic E-state index is 12.6. The van der Waals surface area contributed by atoms with Crippen LogP contribution in [0, 0.1) is 13.8 Å². The third kappa shape index (κ3) is 3.77. The molecule has 2 aromatic rings. The van der Waals surface area contributed by atoms with Crippen LogP contribution in [0.4, 0.5) is 5.69 Å². The fourth-order valence-electron chi connectivity index (χ4n) is 3.24. The van der Waals surface area contributed by atoms with E-state index < -0.39 is 0 Å². The number of carbonyl (C=O) groups is 1. The maximum absolute atomic E-state index is 12.6. The molecule has 0 bridgehead atoms. The van der Waals surface area contributed by atoms with Gasteiger partial charge in [-0.1, -0.05) is 6.07 Å². The Morgan fingerprint density at radius 2 is 1.73 bits per heavy atom. The van der Waals surface area contributed by atoms with Crippen molar-refractivity contribution in [3.8, 4) is 11.5 Å². The van der Waals surface area contributed by atoms with Crippen LogP contribution in [-0.4, -0.2) is 38.1 Å². The minimum absolute atomic E-state index is 0.101. The van der Waals surface area contributed by atoms with Gasteiger partial charge in [0.1, 0.15) is 0 Å². The number of hydrogen-bond donors (Lipinski definition) is 1. The first-order valence-corrected chi connectivity index (χ1v) is 8.84. The van der Waals surface area contributed by atoms with Crippen molar-refractivity contribution in [3.63, 3.8) is 0 Å². The van der Waals surface area contributed by atoms with Crippen LogP contribution >= 0.6 is 0 Å². The molecule has 0 radical (unpaired) electrons. The first kappa shape index (κ1) is 18.1. The molecule has 1 amide bonds. The van der Waals surface area contributed by atoms with Crippen LogP contribution in [0.5, 0.6) is 11.5 Å². The Balaban J connectivity index is 1.66. The summed E-state index contributed by atoms with van der Waals surface area (Å²) in [6.45, 7) is 5.77. The smallest absolute Gasteiger partial charge is 0.242 e. The van der Waals surface area contributed by atoms with Crippen molar-refractivity contribution in [1.29, 1.82) is 0 Å². The molecular formula is C21H26N2O3. The lowest BCUT2D eigenvalue weighted by atomic mass is 9.98. The summed E-state index contributed by atoms with van der Waals surface area (Å²) in [4.78, 5) is 14.5. The third-order valence-corrected chi connectivity index (χ3v) is 5.02. The Morgan fingerprint density at radius 3 is 2.38 bits per heavy atom. The van der Waals surface area contributed by atoms with Gasteiger partial charge >= 0.3 is 0 Å². The Morgan fingerprint density at radius 1 is 1.04 bits per heavy atom. The highest BCUT2D eigenvalue weighted by Crippen LogP contribution is 2.33. The summed E-state index contributed by atoms with van der Waals surface area (Å²) in [5.74, 6) is 1.54. The first-order valence-electron chi connectivity index (χ1n) is 8.84. The van der Waals surface area contributed by atoms with E-state index in [1.807, 2.05) is 23.1 Å². The minimum Gasteiger partial charge on any atom is -0.493 e. The van der Waals surface area contributed by atoms with Crippen molar-refractivity contribution in [2.24, 2.45) is 0 Å². The fraction of sp³-hybridized carbons (Fsp3) is 0.381. The summed E-state index contributed by atoms with van der Waals surface area (Å²) in [6, 6.07) is 10.1. The molecule has 0 fully saturated rings. The number of benzene rings is 2. The van der Waals surface area contributed by atoms with Crippen molar-refractivity contribution in [2.45, 2.75) is 26.8 Å². The van der Waals surface area contributed by atoms with Crippen LogP contribution in [0.15, 0.2) is 30.3 Å². The molecule has 0 saturated heterocycles. The summed E-state index contributed by atoms with van der Waals surface area (Å²) in [6.07, 6.45) is 0.824. The normalized spacial score (nSPS) is 13.2. The summed E-state index contributed by atoms with van der Waals surface area (Å²) >= 11 is 0. The second-order valence-corrected chi connectivity index (χ2v) is 6.69. The molecule has 0 spiro atoms. The van der Waals surface area contributed by atoms with Crippen LogP contribution < -0.4 is 14.8 Å². The zero-order chi connectivity index (χ0) is 18.7. The summed E-state index contributed by atoms with van der Waals surface area (Å²) in [7, 11) is 3.27. The molecule has 0 aliphatic carbocycles. The molecule has 1 aliphatic heterocycles. The lowest BCUT2D eigenvalue weighted by molar-refractivity contribution is -0.130. The molecule has 5 nitrogen and oxygen atoms in total. The second-order valence-electron chi connectivity index (χ2n) is 6.69. The molecule has 1 aliphatic rings. The number of carbonyl (C=O) groups excluding carboxylic acids is 1. The third-order valence-electron chi connectivity index (χ3n) is 5.02. The van der Waals surface area contributed by atoms with Gasteiger partial charge in [0.2, 0.25) is 5.91 Å². The number of amides is 1. The standard InChI is InChI=1S/C21H26N2O3/c1-14-5-6-18(9-15(14)2)22-12-21(24)23-8-7-16-10-19(25-3)20(26-4)11-17(16)13-23/h5-6,9-11,22H,7-8,12-13H2,1-4H3. The predicted molar refractivity (Wildman–Crippen MR) is 103 cm³/mol. The van der Waals surface area contributed by atoms with Gasteiger partial charge in [-0.3, -0.25) is 4.79 Å². The van der Waals surface area contributed by atoms with Crippen LogP contribution in [0.1, 0.15) is 22.3 Å². The molecule has 138 valence electrons. The molecule has 0 saturated carbocycles. The zero-order valence-corrected chi connectivity index (χ0v) is 15.9.